The van der Waals surface area contributed by atoms with E-state index in [0.717, 1.165) is 6.26 Å². The summed E-state index contributed by atoms with van der Waals surface area (Å²) in [4.78, 5) is 12.9. The Hall–Kier alpha value is -0.580. The zero-order valence-corrected chi connectivity index (χ0v) is 9.02. The van der Waals surface area contributed by atoms with Gasteiger partial charge < -0.3 is 4.90 Å². The zero-order valence-electron chi connectivity index (χ0n) is 8.20. The molecule has 1 aliphatic rings. The highest BCUT2D eigenvalue weighted by molar-refractivity contribution is 7.91. The van der Waals surface area contributed by atoms with Crippen LogP contribution in [0.4, 0.5) is 0 Å². The SMILES string of the molecule is CC1(C)CN(C(=O)CS(C)(=O)=O)C1. The van der Waals surface area contributed by atoms with Crippen molar-refractivity contribution in [3.8, 4) is 0 Å². The van der Waals surface area contributed by atoms with Crippen LogP contribution in [0.1, 0.15) is 13.8 Å². The highest BCUT2D eigenvalue weighted by Gasteiger charge is 2.37. The summed E-state index contributed by atoms with van der Waals surface area (Å²) in [6.45, 7) is 5.44. The minimum Gasteiger partial charge on any atom is -0.341 e. The Morgan fingerprint density at radius 2 is 1.85 bits per heavy atom. The summed E-state index contributed by atoms with van der Waals surface area (Å²) in [7, 11) is -3.17. The van der Waals surface area contributed by atoms with Crippen molar-refractivity contribution in [3.63, 3.8) is 0 Å². The van der Waals surface area contributed by atoms with Crippen LogP contribution in [0.3, 0.4) is 0 Å². The van der Waals surface area contributed by atoms with E-state index in [2.05, 4.69) is 13.8 Å². The van der Waals surface area contributed by atoms with Gasteiger partial charge in [0, 0.05) is 19.3 Å². The van der Waals surface area contributed by atoms with Crippen molar-refractivity contribution in [3.05, 3.63) is 0 Å². The number of hydrogen-bond acceptors (Lipinski definition) is 3. The summed E-state index contributed by atoms with van der Waals surface area (Å²) in [5.41, 5.74) is 0.160. The number of amides is 1. The van der Waals surface area contributed by atoms with E-state index in [-0.39, 0.29) is 17.1 Å². The first-order valence-corrected chi connectivity index (χ1v) is 6.21. The first-order chi connectivity index (χ1) is 5.70. The average molecular weight is 205 g/mol. The quantitative estimate of drug-likeness (QED) is 0.632. The van der Waals surface area contributed by atoms with Crippen LogP contribution in [0.5, 0.6) is 0 Å². The molecule has 4 nitrogen and oxygen atoms in total. The molecule has 76 valence electrons. The maximum atomic E-state index is 11.3. The van der Waals surface area contributed by atoms with Gasteiger partial charge in [0.1, 0.15) is 5.75 Å². The fourth-order valence-electron chi connectivity index (χ4n) is 1.48. The Morgan fingerprint density at radius 1 is 1.38 bits per heavy atom. The third-order valence-corrected chi connectivity index (χ3v) is 2.75. The van der Waals surface area contributed by atoms with E-state index in [0.29, 0.717) is 13.1 Å². The Labute approximate surface area is 78.8 Å². The van der Waals surface area contributed by atoms with E-state index in [1.54, 1.807) is 4.90 Å². The maximum Gasteiger partial charge on any atom is 0.237 e. The van der Waals surface area contributed by atoms with E-state index in [1.165, 1.54) is 0 Å². The van der Waals surface area contributed by atoms with Gasteiger partial charge in [0.25, 0.3) is 0 Å². The molecule has 1 amide bonds. The van der Waals surface area contributed by atoms with E-state index >= 15 is 0 Å². The second-order valence-corrected chi connectivity index (χ2v) is 6.62. The molecule has 1 rings (SSSR count). The molecule has 0 atom stereocenters. The lowest BCUT2D eigenvalue weighted by Gasteiger charge is -2.45. The van der Waals surface area contributed by atoms with E-state index < -0.39 is 9.84 Å². The molecular weight excluding hydrogens is 190 g/mol. The van der Waals surface area contributed by atoms with Gasteiger partial charge in [-0.15, -0.1) is 0 Å². The molecule has 0 aliphatic carbocycles. The Bertz CT molecular complexity index is 310. The number of rotatable bonds is 2. The van der Waals surface area contributed by atoms with E-state index in [9.17, 15) is 13.2 Å². The third kappa shape index (κ3) is 2.99. The lowest BCUT2D eigenvalue weighted by atomic mass is 9.84. The van der Waals surface area contributed by atoms with Crippen LogP contribution < -0.4 is 0 Å². The van der Waals surface area contributed by atoms with Crippen molar-refractivity contribution in [1.29, 1.82) is 0 Å². The molecule has 0 unspecified atom stereocenters. The second-order valence-electron chi connectivity index (χ2n) is 4.48. The zero-order chi connectivity index (χ0) is 10.3. The van der Waals surface area contributed by atoms with E-state index in [4.69, 9.17) is 0 Å². The van der Waals surface area contributed by atoms with Crippen molar-refractivity contribution in [2.45, 2.75) is 13.8 Å². The lowest BCUT2D eigenvalue weighted by molar-refractivity contribution is -0.138. The van der Waals surface area contributed by atoms with Crippen LogP contribution in [0, 0.1) is 5.41 Å². The van der Waals surface area contributed by atoms with Crippen LogP contribution in [-0.4, -0.2) is 44.3 Å². The number of nitrogens with zero attached hydrogens (tertiary/aromatic N) is 1. The molecular formula is C8H15NO3S. The molecule has 0 saturated carbocycles. The summed E-state index contributed by atoms with van der Waals surface area (Å²) in [6, 6.07) is 0. The van der Waals surface area contributed by atoms with Gasteiger partial charge in [-0.05, 0) is 5.41 Å². The second kappa shape index (κ2) is 2.97. The minimum absolute atomic E-state index is 0.160. The van der Waals surface area contributed by atoms with Crippen molar-refractivity contribution < 1.29 is 13.2 Å². The molecule has 0 N–H and O–H groups in total. The topological polar surface area (TPSA) is 54.5 Å². The van der Waals surface area contributed by atoms with Gasteiger partial charge in [0.15, 0.2) is 9.84 Å². The van der Waals surface area contributed by atoms with Gasteiger partial charge in [-0.2, -0.15) is 0 Å². The lowest BCUT2D eigenvalue weighted by Crippen LogP contribution is -2.56. The normalized spacial score (nSPS) is 21.0. The molecule has 1 heterocycles. The third-order valence-electron chi connectivity index (χ3n) is 1.98. The first kappa shape index (κ1) is 10.5. The molecule has 0 spiro atoms. The Morgan fingerprint density at radius 3 is 2.15 bits per heavy atom. The molecule has 0 aromatic carbocycles. The van der Waals surface area contributed by atoms with Gasteiger partial charge in [0.2, 0.25) is 5.91 Å². The van der Waals surface area contributed by atoms with Crippen molar-refractivity contribution in [2.24, 2.45) is 5.41 Å². The highest BCUT2D eigenvalue weighted by atomic mass is 32.2. The molecule has 1 saturated heterocycles. The first-order valence-electron chi connectivity index (χ1n) is 4.15. The van der Waals surface area contributed by atoms with Gasteiger partial charge in [-0.3, -0.25) is 4.79 Å². The average Bonchev–Trinajstić information content (AvgIpc) is 1.77. The number of sulfone groups is 1. The largest absolute Gasteiger partial charge is 0.341 e. The summed E-state index contributed by atoms with van der Waals surface area (Å²) in [5, 5.41) is 0. The number of hydrogen-bond donors (Lipinski definition) is 0. The van der Waals surface area contributed by atoms with Gasteiger partial charge in [-0.25, -0.2) is 8.42 Å². The standard InChI is InChI=1S/C8H15NO3S/c1-8(2)5-9(6-8)7(10)4-13(3,11)12/h4-6H2,1-3H3. The molecule has 0 aromatic heterocycles. The maximum absolute atomic E-state index is 11.3. The van der Waals surface area contributed by atoms with Crippen molar-refractivity contribution in [1.82, 2.24) is 4.90 Å². The van der Waals surface area contributed by atoms with Crippen LogP contribution in [-0.2, 0) is 14.6 Å². The predicted molar refractivity (Wildman–Crippen MR) is 50.1 cm³/mol. The minimum atomic E-state index is -3.17. The van der Waals surface area contributed by atoms with Crippen molar-refractivity contribution in [2.75, 3.05) is 25.1 Å². The molecule has 0 radical (unpaired) electrons. The summed E-state index contributed by atoms with van der Waals surface area (Å²) in [6.07, 6.45) is 1.08. The molecule has 13 heavy (non-hydrogen) atoms. The summed E-state index contributed by atoms with van der Waals surface area (Å²) >= 11 is 0. The number of carbonyl (C=O) groups is 1. The Balaban J connectivity index is 2.45. The van der Waals surface area contributed by atoms with Gasteiger partial charge in [0.05, 0.1) is 0 Å². The Kier molecular flexibility index (Phi) is 2.40. The van der Waals surface area contributed by atoms with Gasteiger partial charge in [-0.1, -0.05) is 13.8 Å². The monoisotopic (exact) mass is 205 g/mol. The number of likely N-dealkylation sites (tertiary alicyclic amines) is 1. The van der Waals surface area contributed by atoms with Crippen LogP contribution >= 0.6 is 0 Å². The van der Waals surface area contributed by atoms with Crippen LogP contribution in [0.25, 0.3) is 0 Å². The fraction of sp³-hybridized carbons (Fsp3) is 0.875. The molecule has 5 heteroatoms. The summed E-state index contributed by atoms with van der Waals surface area (Å²) in [5.74, 6) is -0.634. The summed E-state index contributed by atoms with van der Waals surface area (Å²) < 4.78 is 21.6. The van der Waals surface area contributed by atoms with E-state index in [1.807, 2.05) is 0 Å². The predicted octanol–water partition coefficient (Wildman–Crippen LogP) is -0.101. The fourth-order valence-corrected chi connectivity index (χ4v) is 2.11. The molecule has 0 bridgehead atoms. The van der Waals surface area contributed by atoms with Crippen molar-refractivity contribution >= 4 is 15.7 Å². The molecule has 0 aromatic rings. The molecule has 1 aliphatic heterocycles. The number of carbonyl (C=O) groups excluding carboxylic acids is 1. The van der Waals surface area contributed by atoms with Crippen LogP contribution in [0.15, 0.2) is 0 Å². The van der Waals surface area contributed by atoms with Crippen LogP contribution in [0.2, 0.25) is 0 Å². The van der Waals surface area contributed by atoms with Gasteiger partial charge >= 0.3 is 0 Å². The highest BCUT2D eigenvalue weighted by Crippen LogP contribution is 2.28. The smallest absolute Gasteiger partial charge is 0.237 e. The molecule has 1 fully saturated rings.